The molecule has 2 atom stereocenters. The molecule has 1 saturated heterocycles. The second kappa shape index (κ2) is 4.46. The monoisotopic (exact) mass is 226 g/mol. The maximum Gasteiger partial charge on any atom is 0.0442 e. The summed E-state index contributed by atoms with van der Waals surface area (Å²) in [5.41, 5.74) is 1.26. The van der Waals surface area contributed by atoms with Crippen molar-refractivity contribution >= 4 is 10.8 Å². The highest BCUT2D eigenvalue weighted by Gasteiger charge is 2.20. The lowest BCUT2D eigenvalue weighted by molar-refractivity contribution is 0.377. The fourth-order valence-electron chi connectivity index (χ4n) is 2.72. The summed E-state index contributed by atoms with van der Waals surface area (Å²) in [6, 6.07) is 11.3. The van der Waals surface area contributed by atoms with Crippen molar-refractivity contribution in [3.05, 3.63) is 42.2 Å². The molecule has 0 unspecified atom stereocenters. The van der Waals surface area contributed by atoms with E-state index in [2.05, 4.69) is 47.6 Å². The highest BCUT2D eigenvalue weighted by molar-refractivity contribution is 5.81. The highest BCUT2D eigenvalue weighted by atomic mass is 14.9. The van der Waals surface area contributed by atoms with E-state index in [1.54, 1.807) is 0 Å². The smallest absolute Gasteiger partial charge is 0.0442 e. The van der Waals surface area contributed by atoms with Crippen LogP contribution in [0.3, 0.4) is 0 Å². The number of rotatable bonds is 1. The standard InChI is InChI=1S/C15H18N2/c1-11-8-13(6-7-16-11)15-9-12-4-2-3-5-14(12)10-17-15/h2-5,9-11,13,16H,6-8H2,1H3/t11-,13+/m0/s1. The third kappa shape index (κ3) is 2.18. The molecule has 0 spiro atoms. The maximum atomic E-state index is 4.64. The predicted octanol–water partition coefficient (Wildman–Crippen LogP) is 3.09. The molecule has 1 aliphatic rings. The van der Waals surface area contributed by atoms with Crippen LogP contribution >= 0.6 is 0 Å². The van der Waals surface area contributed by atoms with Gasteiger partial charge in [0.05, 0.1) is 0 Å². The fourth-order valence-corrected chi connectivity index (χ4v) is 2.72. The molecule has 2 nitrogen and oxygen atoms in total. The van der Waals surface area contributed by atoms with Gasteiger partial charge in [0.25, 0.3) is 0 Å². The van der Waals surface area contributed by atoms with Crippen molar-refractivity contribution in [3.63, 3.8) is 0 Å². The molecule has 17 heavy (non-hydrogen) atoms. The summed E-state index contributed by atoms with van der Waals surface area (Å²) in [6.07, 6.45) is 4.42. The molecule has 0 saturated carbocycles. The molecule has 1 fully saturated rings. The van der Waals surface area contributed by atoms with E-state index in [4.69, 9.17) is 0 Å². The minimum absolute atomic E-state index is 0.613. The van der Waals surface area contributed by atoms with Gasteiger partial charge in [-0.1, -0.05) is 24.3 Å². The van der Waals surface area contributed by atoms with Gasteiger partial charge >= 0.3 is 0 Å². The fraction of sp³-hybridized carbons (Fsp3) is 0.400. The Morgan fingerprint density at radius 3 is 2.88 bits per heavy atom. The van der Waals surface area contributed by atoms with E-state index < -0.39 is 0 Å². The lowest BCUT2D eigenvalue weighted by Crippen LogP contribution is -2.35. The molecule has 0 bridgehead atoms. The Balaban J connectivity index is 1.94. The Labute approximate surface area is 102 Å². The molecule has 0 aliphatic carbocycles. The molecule has 1 aliphatic heterocycles. The van der Waals surface area contributed by atoms with Gasteiger partial charge in [-0.25, -0.2) is 0 Å². The number of nitrogens with zero attached hydrogens (tertiary/aromatic N) is 1. The van der Waals surface area contributed by atoms with E-state index in [0.717, 1.165) is 6.54 Å². The molecule has 0 amide bonds. The van der Waals surface area contributed by atoms with Crippen molar-refractivity contribution in [2.24, 2.45) is 0 Å². The van der Waals surface area contributed by atoms with Crippen LogP contribution in [0, 0.1) is 0 Å². The van der Waals surface area contributed by atoms with Gasteiger partial charge in [-0.15, -0.1) is 0 Å². The van der Waals surface area contributed by atoms with Crippen molar-refractivity contribution in [1.82, 2.24) is 10.3 Å². The molecular weight excluding hydrogens is 208 g/mol. The van der Waals surface area contributed by atoms with Gasteiger partial charge in [0.1, 0.15) is 0 Å². The summed E-state index contributed by atoms with van der Waals surface area (Å²) < 4.78 is 0. The summed E-state index contributed by atoms with van der Waals surface area (Å²) in [6.45, 7) is 3.37. The average molecular weight is 226 g/mol. The third-order valence-electron chi connectivity index (χ3n) is 3.69. The summed E-state index contributed by atoms with van der Waals surface area (Å²) in [5, 5.41) is 6.03. The van der Waals surface area contributed by atoms with Gasteiger partial charge in [0, 0.05) is 29.2 Å². The zero-order chi connectivity index (χ0) is 11.7. The van der Waals surface area contributed by atoms with Gasteiger partial charge < -0.3 is 5.32 Å². The first-order valence-corrected chi connectivity index (χ1v) is 6.41. The van der Waals surface area contributed by atoms with Crippen molar-refractivity contribution in [3.8, 4) is 0 Å². The van der Waals surface area contributed by atoms with Crippen molar-refractivity contribution < 1.29 is 0 Å². The Bertz CT molecular complexity index is 521. The third-order valence-corrected chi connectivity index (χ3v) is 3.69. The zero-order valence-corrected chi connectivity index (χ0v) is 10.2. The SMILES string of the molecule is C[C@H]1C[C@H](c2cc3ccccc3cn2)CCN1. The van der Waals surface area contributed by atoms with E-state index in [0.29, 0.717) is 12.0 Å². The molecule has 3 rings (SSSR count). The van der Waals surface area contributed by atoms with Crippen molar-refractivity contribution in [2.75, 3.05) is 6.54 Å². The summed E-state index contributed by atoms with van der Waals surface area (Å²) >= 11 is 0. The molecule has 1 N–H and O–H groups in total. The molecule has 0 radical (unpaired) electrons. The maximum absolute atomic E-state index is 4.64. The van der Waals surface area contributed by atoms with Crippen LogP contribution < -0.4 is 5.32 Å². The average Bonchev–Trinajstić information content (AvgIpc) is 2.38. The minimum Gasteiger partial charge on any atom is -0.314 e. The van der Waals surface area contributed by atoms with Gasteiger partial charge in [0.15, 0.2) is 0 Å². The van der Waals surface area contributed by atoms with Gasteiger partial charge in [0.2, 0.25) is 0 Å². The van der Waals surface area contributed by atoms with Crippen LogP contribution in [-0.4, -0.2) is 17.6 Å². The molecule has 2 aromatic rings. The second-order valence-corrected chi connectivity index (χ2v) is 5.03. The van der Waals surface area contributed by atoms with Crippen LogP contribution in [-0.2, 0) is 0 Å². The van der Waals surface area contributed by atoms with Gasteiger partial charge in [-0.3, -0.25) is 4.98 Å². The molecular formula is C15H18N2. The number of fused-ring (bicyclic) bond motifs is 1. The van der Waals surface area contributed by atoms with Crippen LogP contribution in [0.5, 0.6) is 0 Å². The normalized spacial score (nSPS) is 25.0. The number of piperidine rings is 1. The Morgan fingerprint density at radius 1 is 1.24 bits per heavy atom. The number of hydrogen-bond acceptors (Lipinski definition) is 2. The van der Waals surface area contributed by atoms with E-state index in [9.17, 15) is 0 Å². The lowest BCUT2D eigenvalue weighted by Gasteiger charge is -2.27. The van der Waals surface area contributed by atoms with Crippen LogP contribution in [0.25, 0.3) is 10.8 Å². The van der Waals surface area contributed by atoms with E-state index in [1.165, 1.54) is 29.3 Å². The first-order valence-electron chi connectivity index (χ1n) is 6.41. The van der Waals surface area contributed by atoms with Gasteiger partial charge in [-0.2, -0.15) is 0 Å². The number of nitrogens with one attached hydrogen (secondary N) is 1. The Morgan fingerprint density at radius 2 is 2.06 bits per heavy atom. The number of benzene rings is 1. The quantitative estimate of drug-likeness (QED) is 0.808. The zero-order valence-electron chi connectivity index (χ0n) is 10.2. The summed E-state index contributed by atoms with van der Waals surface area (Å²) in [4.78, 5) is 4.64. The number of aromatic nitrogens is 1. The van der Waals surface area contributed by atoms with Crippen LogP contribution in [0.15, 0.2) is 36.5 Å². The lowest BCUT2D eigenvalue weighted by atomic mass is 9.89. The van der Waals surface area contributed by atoms with Crippen LogP contribution in [0.2, 0.25) is 0 Å². The molecule has 2 heteroatoms. The van der Waals surface area contributed by atoms with Crippen molar-refractivity contribution in [1.29, 1.82) is 0 Å². The second-order valence-electron chi connectivity index (χ2n) is 5.03. The molecule has 1 aromatic carbocycles. The van der Waals surface area contributed by atoms with Crippen LogP contribution in [0.1, 0.15) is 31.4 Å². The van der Waals surface area contributed by atoms with Gasteiger partial charge in [-0.05, 0) is 37.8 Å². The predicted molar refractivity (Wildman–Crippen MR) is 71.2 cm³/mol. The summed E-state index contributed by atoms with van der Waals surface area (Å²) in [5.74, 6) is 0.621. The van der Waals surface area contributed by atoms with Crippen molar-refractivity contribution in [2.45, 2.75) is 31.7 Å². The number of hydrogen-bond donors (Lipinski definition) is 1. The first-order chi connectivity index (χ1) is 8.33. The number of pyridine rings is 1. The van der Waals surface area contributed by atoms with E-state index >= 15 is 0 Å². The van der Waals surface area contributed by atoms with E-state index in [-0.39, 0.29) is 0 Å². The minimum atomic E-state index is 0.613. The Hall–Kier alpha value is -1.41. The topological polar surface area (TPSA) is 24.9 Å². The first kappa shape index (κ1) is 10.7. The molecule has 2 heterocycles. The van der Waals surface area contributed by atoms with Crippen LogP contribution in [0.4, 0.5) is 0 Å². The highest BCUT2D eigenvalue weighted by Crippen LogP contribution is 2.27. The summed E-state index contributed by atoms with van der Waals surface area (Å²) in [7, 11) is 0. The molecule has 88 valence electrons. The largest absolute Gasteiger partial charge is 0.314 e. The molecule has 1 aromatic heterocycles. The van der Waals surface area contributed by atoms with E-state index in [1.807, 2.05) is 6.20 Å². The Kier molecular flexibility index (Phi) is 2.81.